The number of halogens is 1. The zero-order valence-corrected chi connectivity index (χ0v) is 13.4. The molecule has 0 aliphatic carbocycles. The summed E-state index contributed by atoms with van der Waals surface area (Å²) < 4.78 is 0. The molecule has 0 saturated heterocycles. The topological polar surface area (TPSA) is 27.0 Å². The summed E-state index contributed by atoms with van der Waals surface area (Å²) in [6.07, 6.45) is 3.47. The molecular weight excluding hydrogens is 324 g/mol. The first-order valence-electron chi connectivity index (χ1n) is 7.28. The van der Waals surface area contributed by atoms with E-state index < -0.39 is 0 Å². The maximum absolute atomic E-state index is 9.50. The Balaban J connectivity index is 2.10. The highest BCUT2D eigenvalue weighted by Crippen LogP contribution is 2.34. The van der Waals surface area contributed by atoms with Crippen molar-refractivity contribution in [3.05, 3.63) is 59.2 Å². The number of nitriles is 1. The standard InChI is InChI=1S/C18H17BrN2/c19-12-14-8-9-18(16(11-14)13-20)21-10-4-3-6-15-5-1-2-7-17(15)21/h1-2,5,7-9,11H,3-4,6,10,12H2. The Morgan fingerprint density at radius 2 is 1.95 bits per heavy atom. The molecule has 0 fully saturated rings. The first kappa shape index (κ1) is 14.2. The van der Waals surface area contributed by atoms with Gasteiger partial charge >= 0.3 is 0 Å². The van der Waals surface area contributed by atoms with Crippen LogP contribution in [0.25, 0.3) is 0 Å². The highest BCUT2D eigenvalue weighted by atomic mass is 79.9. The molecule has 0 radical (unpaired) electrons. The lowest BCUT2D eigenvalue weighted by Gasteiger charge is -2.26. The summed E-state index contributed by atoms with van der Waals surface area (Å²) in [4.78, 5) is 2.30. The van der Waals surface area contributed by atoms with Crippen LogP contribution in [0.1, 0.15) is 29.5 Å². The van der Waals surface area contributed by atoms with Gasteiger partial charge in [-0.2, -0.15) is 5.26 Å². The lowest BCUT2D eigenvalue weighted by Crippen LogP contribution is -2.19. The van der Waals surface area contributed by atoms with Gasteiger partial charge in [-0.05, 0) is 48.6 Å². The van der Waals surface area contributed by atoms with Gasteiger partial charge in [0.25, 0.3) is 0 Å². The Kier molecular flexibility index (Phi) is 4.26. The van der Waals surface area contributed by atoms with Crippen molar-refractivity contribution in [3.8, 4) is 6.07 Å². The van der Waals surface area contributed by atoms with Crippen LogP contribution in [-0.2, 0) is 11.8 Å². The smallest absolute Gasteiger partial charge is 0.101 e. The predicted octanol–water partition coefficient (Wildman–Crippen LogP) is 4.93. The van der Waals surface area contributed by atoms with Gasteiger partial charge in [0.05, 0.1) is 11.3 Å². The maximum Gasteiger partial charge on any atom is 0.101 e. The van der Waals surface area contributed by atoms with E-state index in [0.717, 1.165) is 41.5 Å². The number of hydrogen-bond acceptors (Lipinski definition) is 2. The molecule has 2 aromatic rings. The number of rotatable bonds is 2. The number of anilines is 2. The molecule has 106 valence electrons. The summed E-state index contributed by atoms with van der Waals surface area (Å²) in [5.41, 5.74) is 5.54. The van der Waals surface area contributed by atoms with E-state index in [2.05, 4.69) is 63.3 Å². The molecule has 21 heavy (non-hydrogen) atoms. The summed E-state index contributed by atoms with van der Waals surface area (Å²) in [6, 6.07) is 17.1. The third-order valence-corrected chi connectivity index (χ3v) is 4.63. The fourth-order valence-electron chi connectivity index (χ4n) is 2.93. The number of hydrogen-bond donors (Lipinski definition) is 0. The molecule has 0 atom stereocenters. The molecule has 1 heterocycles. The van der Waals surface area contributed by atoms with E-state index in [1.807, 2.05) is 6.07 Å². The molecule has 1 aliphatic rings. The van der Waals surface area contributed by atoms with Gasteiger partial charge in [-0.25, -0.2) is 0 Å². The van der Waals surface area contributed by atoms with E-state index in [-0.39, 0.29) is 0 Å². The molecule has 0 unspecified atom stereocenters. The van der Waals surface area contributed by atoms with Gasteiger partial charge in [-0.1, -0.05) is 40.2 Å². The normalized spacial score (nSPS) is 14.2. The van der Waals surface area contributed by atoms with E-state index in [9.17, 15) is 5.26 Å². The van der Waals surface area contributed by atoms with Gasteiger partial charge in [0.2, 0.25) is 0 Å². The summed E-state index contributed by atoms with van der Waals surface area (Å²) in [5, 5.41) is 10.3. The van der Waals surface area contributed by atoms with Crippen LogP contribution in [0.3, 0.4) is 0 Å². The molecule has 0 bridgehead atoms. The Hall–Kier alpha value is -1.79. The van der Waals surface area contributed by atoms with Gasteiger partial charge in [-0.3, -0.25) is 0 Å². The molecule has 0 amide bonds. The van der Waals surface area contributed by atoms with E-state index in [4.69, 9.17) is 0 Å². The van der Waals surface area contributed by atoms with Crippen molar-refractivity contribution in [2.75, 3.05) is 11.4 Å². The average molecular weight is 341 g/mol. The van der Waals surface area contributed by atoms with E-state index in [1.54, 1.807) is 0 Å². The predicted molar refractivity (Wildman–Crippen MR) is 90.2 cm³/mol. The quantitative estimate of drug-likeness (QED) is 0.725. The molecule has 0 N–H and O–H groups in total. The van der Waals surface area contributed by atoms with Crippen LogP contribution in [0.4, 0.5) is 11.4 Å². The second-order valence-corrected chi connectivity index (χ2v) is 5.90. The van der Waals surface area contributed by atoms with Crippen molar-refractivity contribution in [3.63, 3.8) is 0 Å². The number of alkyl halides is 1. The summed E-state index contributed by atoms with van der Waals surface area (Å²) in [5.74, 6) is 0. The van der Waals surface area contributed by atoms with Crippen molar-refractivity contribution in [2.24, 2.45) is 0 Å². The SMILES string of the molecule is N#Cc1cc(CBr)ccc1N1CCCCc2ccccc21. The fraction of sp³-hybridized carbons (Fsp3) is 0.278. The summed E-state index contributed by atoms with van der Waals surface area (Å²) in [7, 11) is 0. The molecule has 3 heteroatoms. The first-order valence-corrected chi connectivity index (χ1v) is 8.40. The van der Waals surface area contributed by atoms with Crippen molar-refractivity contribution in [1.29, 1.82) is 5.26 Å². The highest BCUT2D eigenvalue weighted by molar-refractivity contribution is 9.08. The Morgan fingerprint density at radius 3 is 2.76 bits per heavy atom. The van der Waals surface area contributed by atoms with Gasteiger partial charge < -0.3 is 4.90 Å². The first-order chi connectivity index (χ1) is 10.3. The van der Waals surface area contributed by atoms with Gasteiger partial charge in [-0.15, -0.1) is 0 Å². The van der Waals surface area contributed by atoms with Gasteiger partial charge in [0.1, 0.15) is 6.07 Å². The fourth-order valence-corrected chi connectivity index (χ4v) is 3.28. The number of aryl methyl sites for hydroxylation is 1. The second kappa shape index (κ2) is 6.32. The van der Waals surface area contributed by atoms with E-state index >= 15 is 0 Å². The lowest BCUT2D eigenvalue weighted by molar-refractivity contribution is 0.761. The van der Waals surface area contributed by atoms with E-state index in [0.29, 0.717) is 0 Å². The zero-order valence-electron chi connectivity index (χ0n) is 11.8. The number of fused-ring (bicyclic) bond motifs is 1. The van der Waals surface area contributed by atoms with Crippen LogP contribution in [0.15, 0.2) is 42.5 Å². The molecule has 0 spiro atoms. The molecule has 2 aromatic carbocycles. The Morgan fingerprint density at radius 1 is 1.10 bits per heavy atom. The van der Waals surface area contributed by atoms with Crippen LogP contribution in [0.2, 0.25) is 0 Å². The van der Waals surface area contributed by atoms with Gasteiger partial charge in [0, 0.05) is 17.6 Å². The van der Waals surface area contributed by atoms with Crippen molar-refractivity contribution in [2.45, 2.75) is 24.6 Å². The molecule has 3 rings (SSSR count). The minimum Gasteiger partial charge on any atom is -0.340 e. The summed E-state index contributed by atoms with van der Waals surface area (Å²) >= 11 is 3.46. The number of nitrogens with zero attached hydrogens (tertiary/aromatic N) is 2. The molecular formula is C18H17BrN2. The van der Waals surface area contributed by atoms with Crippen molar-refractivity contribution in [1.82, 2.24) is 0 Å². The molecule has 1 aliphatic heterocycles. The second-order valence-electron chi connectivity index (χ2n) is 5.33. The van der Waals surface area contributed by atoms with Crippen LogP contribution in [0.5, 0.6) is 0 Å². The molecule has 0 saturated carbocycles. The van der Waals surface area contributed by atoms with Crippen LogP contribution in [0, 0.1) is 11.3 Å². The van der Waals surface area contributed by atoms with Crippen molar-refractivity contribution >= 4 is 27.3 Å². The third-order valence-electron chi connectivity index (χ3n) is 3.99. The largest absolute Gasteiger partial charge is 0.340 e. The minimum atomic E-state index is 0.753. The highest BCUT2D eigenvalue weighted by Gasteiger charge is 2.18. The minimum absolute atomic E-state index is 0.753. The van der Waals surface area contributed by atoms with Crippen LogP contribution in [-0.4, -0.2) is 6.54 Å². The van der Waals surface area contributed by atoms with E-state index in [1.165, 1.54) is 17.7 Å². The van der Waals surface area contributed by atoms with Crippen LogP contribution < -0.4 is 4.90 Å². The monoisotopic (exact) mass is 340 g/mol. The molecule has 0 aromatic heterocycles. The Bertz CT molecular complexity index is 688. The third kappa shape index (κ3) is 2.82. The lowest BCUT2D eigenvalue weighted by atomic mass is 10.1. The van der Waals surface area contributed by atoms with Crippen molar-refractivity contribution < 1.29 is 0 Å². The number of benzene rings is 2. The molecule has 2 nitrogen and oxygen atoms in total. The van der Waals surface area contributed by atoms with Crippen LogP contribution >= 0.6 is 15.9 Å². The Labute approximate surface area is 134 Å². The average Bonchev–Trinajstić information content (AvgIpc) is 2.76. The maximum atomic E-state index is 9.50. The number of para-hydroxylation sites is 1. The van der Waals surface area contributed by atoms with Gasteiger partial charge in [0.15, 0.2) is 0 Å². The summed E-state index contributed by atoms with van der Waals surface area (Å²) in [6.45, 7) is 0.972. The zero-order chi connectivity index (χ0) is 14.7.